The van der Waals surface area contributed by atoms with Crippen LogP contribution < -0.4 is 5.32 Å². The van der Waals surface area contributed by atoms with E-state index in [2.05, 4.69) is 15.6 Å². The largest absolute Gasteiger partial charge is 0.325 e. The predicted octanol–water partition coefficient (Wildman–Crippen LogP) is 2.87. The van der Waals surface area contributed by atoms with Crippen LogP contribution in [0.5, 0.6) is 0 Å². The molecule has 0 aliphatic rings. The molecule has 5 heteroatoms. The Morgan fingerprint density at radius 3 is 2.74 bits per heavy atom. The van der Waals surface area contributed by atoms with Crippen molar-refractivity contribution >= 4 is 11.6 Å². The minimum absolute atomic E-state index is 0.0105. The zero-order valence-corrected chi connectivity index (χ0v) is 11.4. The lowest BCUT2D eigenvalue weighted by Gasteiger charge is -2.08. The minimum atomic E-state index is -0.0105. The zero-order chi connectivity index (χ0) is 13.8. The number of carbonyl (C=O) groups is 1. The normalized spacial score (nSPS) is 10.7. The van der Waals surface area contributed by atoms with E-state index in [-0.39, 0.29) is 11.9 Å². The molecular weight excluding hydrogens is 240 g/mol. The van der Waals surface area contributed by atoms with Gasteiger partial charge in [0.2, 0.25) is 5.91 Å². The van der Waals surface area contributed by atoms with Gasteiger partial charge in [-0.2, -0.15) is 0 Å². The molecule has 0 aliphatic heterocycles. The highest BCUT2D eigenvalue weighted by atomic mass is 16.1. The van der Waals surface area contributed by atoms with Crippen LogP contribution in [0, 0.1) is 0 Å². The Labute approximate surface area is 112 Å². The Bertz CT molecular complexity index is 574. The van der Waals surface area contributed by atoms with Crippen LogP contribution in [0.3, 0.4) is 0 Å². The van der Waals surface area contributed by atoms with Gasteiger partial charge in [0.25, 0.3) is 0 Å². The van der Waals surface area contributed by atoms with Crippen LogP contribution in [0.15, 0.2) is 30.5 Å². The van der Waals surface area contributed by atoms with E-state index in [1.165, 1.54) is 0 Å². The van der Waals surface area contributed by atoms with Crippen LogP contribution in [0.4, 0.5) is 5.69 Å². The smallest absolute Gasteiger partial charge is 0.224 e. The molecule has 2 rings (SSSR count). The molecule has 100 valence electrons. The van der Waals surface area contributed by atoms with Crippen molar-refractivity contribution in [1.82, 2.24) is 15.0 Å². The van der Waals surface area contributed by atoms with Crippen molar-refractivity contribution in [3.63, 3.8) is 0 Å². The lowest BCUT2D eigenvalue weighted by molar-refractivity contribution is -0.115. The molecule has 1 amide bonds. The first-order valence-corrected chi connectivity index (χ1v) is 6.43. The first kappa shape index (κ1) is 13.3. The first-order valence-electron chi connectivity index (χ1n) is 6.43. The number of nitrogens with one attached hydrogen (secondary N) is 1. The van der Waals surface area contributed by atoms with E-state index in [9.17, 15) is 4.79 Å². The summed E-state index contributed by atoms with van der Waals surface area (Å²) >= 11 is 0. The number of hydrogen-bond acceptors (Lipinski definition) is 3. The van der Waals surface area contributed by atoms with E-state index >= 15 is 0 Å². The molecule has 0 saturated carbocycles. The summed E-state index contributed by atoms with van der Waals surface area (Å²) in [6.45, 7) is 5.92. The summed E-state index contributed by atoms with van der Waals surface area (Å²) in [4.78, 5) is 11.5. The van der Waals surface area contributed by atoms with Gasteiger partial charge < -0.3 is 5.32 Å². The average Bonchev–Trinajstić information content (AvgIpc) is 2.89. The van der Waals surface area contributed by atoms with Crippen molar-refractivity contribution in [2.24, 2.45) is 0 Å². The van der Waals surface area contributed by atoms with Gasteiger partial charge in [0.05, 0.1) is 11.9 Å². The van der Waals surface area contributed by atoms with Gasteiger partial charge in [-0.3, -0.25) is 4.79 Å². The molecule has 0 spiro atoms. The van der Waals surface area contributed by atoms with Gasteiger partial charge in [-0.25, -0.2) is 4.68 Å². The second-order valence-corrected chi connectivity index (χ2v) is 4.62. The van der Waals surface area contributed by atoms with Crippen molar-refractivity contribution in [2.45, 2.75) is 33.2 Å². The van der Waals surface area contributed by atoms with Crippen LogP contribution in [-0.2, 0) is 4.79 Å². The second kappa shape index (κ2) is 5.65. The molecule has 1 aromatic carbocycles. The summed E-state index contributed by atoms with van der Waals surface area (Å²) in [5, 5.41) is 11.1. The third-order valence-corrected chi connectivity index (χ3v) is 2.84. The Morgan fingerprint density at radius 1 is 1.37 bits per heavy atom. The molecule has 1 N–H and O–H groups in total. The average molecular weight is 258 g/mol. The molecule has 1 aromatic heterocycles. The maximum absolute atomic E-state index is 11.5. The highest BCUT2D eigenvalue weighted by Crippen LogP contribution is 2.26. The Balaban J connectivity index is 2.35. The SMILES string of the molecule is CCC(=O)Nc1ccccc1-c1cn(C(C)C)nn1. The van der Waals surface area contributed by atoms with Crippen molar-refractivity contribution in [2.75, 3.05) is 5.32 Å². The third kappa shape index (κ3) is 2.99. The lowest BCUT2D eigenvalue weighted by Crippen LogP contribution is -2.10. The molecule has 0 unspecified atom stereocenters. The maximum atomic E-state index is 11.5. The summed E-state index contributed by atoms with van der Waals surface area (Å²) in [5.41, 5.74) is 2.42. The summed E-state index contributed by atoms with van der Waals surface area (Å²) in [7, 11) is 0. The molecular formula is C14H18N4O. The fourth-order valence-corrected chi connectivity index (χ4v) is 1.71. The number of rotatable bonds is 4. The molecule has 0 saturated heterocycles. The molecule has 1 heterocycles. The van der Waals surface area contributed by atoms with Crippen molar-refractivity contribution in [3.05, 3.63) is 30.5 Å². The third-order valence-electron chi connectivity index (χ3n) is 2.84. The highest BCUT2D eigenvalue weighted by molar-refractivity contribution is 5.94. The molecule has 2 aromatic rings. The van der Waals surface area contributed by atoms with Gasteiger partial charge >= 0.3 is 0 Å². The van der Waals surface area contributed by atoms with Crippen LogP contribution in [0.1, 0.15) is 33.2 Å². The van der Waals surface area contributed by atoms with E-state index in [1.807, 2.05) is 51.2 Å². The summed E-state index contributed by atoms with van der Waals surface area (Å²) in [6, 6.07) is 7.88. The quantitative estimate of drug-likeness (QED) is 0.917. The van der Waals surface area contributed by atoms with Gasteiger partial charge in [0, 0.05) is 18.0 Å². The molecule has 0 fully saturated rings. The number of anilines is 1. The number of aromatic nitrogens is 3. The van der Waals surface area contributed by atoms with E-state index < -0.39 is 0 Å². The minimum Gasteiger partial charge on any atom is -0.325 e. The molecule has 0 radical (unpaired) electrons. The predicted molar refractivity (Wildman–Crippen MR) is 74.8 cm³/mol. The van der Waals surface area contributed by atoms with Crippen LogP contribution >= 0.6 is 0 Å². The van der Waals surface area contributed by atoms with Gasteiger partial charge in [0.15, 0.2) is 0 Å². The fourth-order valence-electron chi connectivity index (χ4n) is 1.71. The standard InChI is InChI=1S/C14H18N4O/c1-4-14(19)15-12-8-6-5-7-11(12)13-9-18(10(2)3)17-16-13/h5-10H,4H2,1-3H3,(H,15,19). The van der Waals surface area contributed by atoms with Crippen LogP contribution in [-0.4, -0.2) is 20.9 Å². The molecule has 0 atom stereocenters. The first-order chi connectivity index (χ1) is 9.11. The Morgan fingerprint density at radius 2 is 2.11 bits per heavy atom. The number of nitrogens with zero attached hydrogens (tertiary/aromatic N) is 3. The maximum Gasteiger partial charge on any atom is 0.224 e. The van der Waals surface area contributed by atoms with Crippen molar-refractivity contribution < 1.29 is 4.79 Å². The summed E-state index contributed by atoms with van der Waals surface area (Å²) < 4.78 is 1.80. The number of hydrogen-bond donors (Lipinski definition) is 1. The summed E-state index contributed by atoms with van der Waals surface area (Å²) in [6.07, 6.45) is 2.34. The van der Waals surface area contributed by atoms with Gasteiger partial charge in [-0.1, -0.05) is 30.3 Å². The van der Waals surface area contributed by atoms with Crippen LogP contribution in [0.25, 0.3) is 11.3 Å². The van der Waals surface area contributed by atoms with Gasteiger partial charge in [-0.05, 0) is 19.9 Å². The zero-order valence-electron chi connectivity index (χ0n) is 11.4. The van der Waals surface area contributed by atoms with E-state index in [0.29, 0.717) is 6.42 Å². The van der Waals surface area contributed by atoms with Gasteiger partial charge in [-0.15, -0.1) is 5.10 Å². The summed E-state index contributed by atoms with van der Waals surface area (Å²) in [5.74, 6) is -0.0105. The number of benzene rings is 1. The van der Waals surface area contributed by atoms with E-state index in [0.717, 1.165) is 16.9 Å². The number of carbonyl (C=O) groups excluding carboxylic acids is 1. The van der Waals surface area contributed by atoms with Crippen LogP contribution in [0.2, 0.25) is 0 Å². The second-order valence-electron chi connectivity index (χ2n) is 4.62. The topological polar surface area (TPSA) is 59.8 Å². The molecule has 0 aliphatic carbocycles. The Hall–Kier alpha value is -2.17. The number of amides is 1. The highest BCUT2D eigenvalue weighted by Gasteiger charge is 2.11. The fraction of sp³-hybridized carbons (Fsp3) is 0.357. The molecule has 19 heavy (non-hydrogen) atoms. The van der Waals surface area contributed by atoms with E-state index in [4.69, 9.17) is 0 Å². The van der Waals surface area contributed by atoms with Crippen molar-refractivity contribution in [3.8, 4) is 11.3 Å². The van der Waals surface area contributed by atoms with E-state index in [1.54, 1.807) is 4.68 Å². The van der Waals surface area contributed by atoms with Gasteiger partial charge in [0.1, 0.15) is 5.69 Å². The molecule has 5 nitrogen and oxygen atoms in total. The monoisotopic (exact) mass is 258 g/mol. The van der Waals surface area contributed by atoms with Crippen molar-refractivity contribution in [1.29, 1.82) is 0 Å². The number of para-hydroxylation sites is 1. The lowest BCUT2D eigenvalue weighted by atomic mass is 10.1. The Kier molecular flexibility index (Phi) is 3.94. The molecule has 0 bridgehead atoms.